The molecule has 1 N–H and O–H groups in total. The van der Waals surface area contributed by atoms with Crippen molar-refractivity contribution in [3.63, 3.8) is 0 Å². The highest BCUT2D eigenvalue weighted by molar-refractivity contribution is 5.90. The maximum absolute atomic E-state index is 12.4. The normalized spacial score (nSPS) is 13.2. The summed E-state index contributed by atoms with van der Waals surface area (Å²) in [6.45, 7) is 1.30. The fraction of sp³-hybridized carbons (Fsp3) is 0.176. The first kappa shape index (κ1) is 13.2. The Hall–Kier alpha value is -2.80. The fourth-order valence-corrected chi connectivity index (χ4v) is 2.55. The Kier molecular flexibility index (Phi) is 3.57. The molecule has 0 saturated heterocycles. The third-order valence-electron chi connectivity index (χ3n) is 3.71. The highest BCUT2D eigenvalue weighted by Crippen LogP contribution is 2.20. The van der Waals surface area contributed by atoms with Crippen molar-refractivity contribution in [3.8, 4) is 6.07 Å². The number of fused-ring (bicyclic) bond motifs is 1. The van der Waals surface area contributed by atoms with Gasteiger partial charge < -0.3 is 10.2 Å². The van der Waals surface area contributed by atoms with Crippen LogP contribution in [0.4, 0.5) is 10.5 Å². The predicted octanol–water partition coefficient (Wildman–Crippen LogP) is 3.15. The van der Waals surface area contributed by atoms with Crippen LogP contribution in [0.25, 0.3) is 0 Å². The van der Waals surface area contributed by atoms with Crippen LogP contribution in [0, 0.1) is 11.3 Å². The summed E-state index contributed by atoms with van der Waals surface area (Å²) in [4.78, 5) is 14.1. The molecule has 4 heteroatoms. The first-order valence-electron chi connectivity index (χ1n) is 6.90. The maximum Gasteiger partial charge on any atom is 0.322 e. The molecular formula is C17H15N3O. The van der Waals surface area contributed by atoms with E-state index >= 15 is 0 Å². The van der Waals surface area contributed by atoms with Crippen LogP contribution in [0.2, 0.25) is 0 Å². The molecule has 0 bridgehead atoms. The lowest BCUT2D eigenvalue weighted by molar-refractivity contribution is 0.206. The van der Waals surface area contributed by atoms with Gasteiger partial charge in [0.1, 0.15) is 6.07 Å². The molecule has 0 unspecified atom stereocenters. The molecule has 0 aliphatic carbocycles. The molecule has 0 atom stereocenters. The summed E-state index contributed by atoms with van der Waals surface area (Å²) in [7, 11) is 0. The Bertz CT molecular complexity index is 718. The third-order valence-corrected chi connectivity index (χ3v) is 3.71. The van der Waals surface area contributed by atoms with Crippen molar-refractivity contribution in [3.05, 3.63) is 65.2 Å². The molecule has 1 aliphatic heterocycles. The summed E-state index contributed by atoms with van der Waals surface area (Å²) >= 11 is 0. The Morgan fingerprint density at radius 2 is 1.81 bits per heavy atom. The number of nitrogens with one attached hydrogen (secondary N) is 1. The van der Waals surface area contributed by atoms with Crippen molar-refractivity contribution in [1.29, 1.82) is 5.26 Å². The molecule has 2 aromatic carbocycles. The van der Waals surface area contributed by atoms with Crippen LogP contribution in [0.3, 0.4) is 0 Å². The monoisotopic (exact) mass is 277 g/mol. The molecule has 21 heavy (non-hydrogen) atoms. The Morgan fingerprint density at radius 1 is 1.10 bits per heavy atom. The lowest BCUT2D eigenvalue weighted by Crippen LogP contribution is -2.38. The molecule has 1 heterocycles. The number of urea groups is 1. The number of rotatable bonds is 1. The lowest BCUT2D eigenvalue weighted by atomic mass is 10.0. The number of benzene rings is 2. The molecule has 0 aromatic heterocycles. The van der Waals surface area contributed by atoms with Crippen LogP contribution in [-0.2, 0) is 13.0 Å². The van der Waals surface area contributed by atoms with E-state index in [0.717, 1.165) is 6.42 Å². The minimum absolute atomic E-state index is 0.160. The second-order valence-electron chi connectivity index (χ2n) is 5.03. The molecule has 0 spiro atoms. The average molecular weight is 277 g/mol. The highest BCUT2D eigenvalue weighted by atomic mass is 16.2. The first-order valence-corrected chi connectivity index (χ1v) is 6.90. The van der Waals surface area contributed by atoms with E-state index in [9.17, 15) is 4.79 Å². The molecule has 104 valence electrons. The summed E-state index contributed by atoms with van der Waals surface area (Å²) in [5.74, 6) is 0. The number of amides is 2. The molecule has 4 nitrogen and oxygen atoms in total. The van der Waals surface area contributed by atoms with Crippen LogP contribution in [0.15, 0.2) is 48.5 Å². The molecule has 2 amide bonds. The minimum Gasteiger partial charge on any atom is -0.320 e. The Morgan fingerprint density at radius 3 is 2.62 bits per heavy atom. The van der Waals surface area contributed by atoms with Gasteiger partial charge in [0.05, 0.1) is 11.3 Å². The summed E-state index contributed by atoms with van der Waals surface area (Å²) in [5.41, 5.74) is 3.53. The van der Waals surface area contributed by atoms with Gasteiger partial charge in [0, 0.05) is 13.1 Å². The first-order chi connectivity index (χ1) is 10.3. The SMILES string of the molecule is N#Cc1ccccc1NC(=O)N1CCc2ccccc2C1. The van der Waals surface area contributed by atoms with Gasteiger partial charge in [-0.2, -0.15) is 5.26 Å². The van der Waals surface area contributed by atoms with E-state index < -0.39 is 0 Å². The van der Waals surface area contributed by atoms with E-state index in [0.29, 0.717) is 24.3 Å². The second-order valence-corrected chi connectivity index (χ2v) is 5.03. The summed E-state index contributed by atoms with van der Waals surface area (Å²) < 4.78 is 0. The van der Waals surface area contributed by atoms with Gasteiger partial charge in [0.25, 0.3) is 0 Å². The van der Waals surface area contributed by atoms with Crippen LogP contribution in [0.5, 0.6) is 0 Å². The zero-order valence-corrected chi connectivity index (χ0v) is 11.5. The van der Waals surface area contributed by atoms with Gasteiger partial charge >= 0.3 is 6.03 Å². The number of hydrogen-bond donors (Lipinski definition) is 1. The Balaban J connectivity index is 1.74. The largest absolute Gasteiger partial charge is 0.322 e. The molecular weight excluding hydrogens is 262 g/mol. The summed E-state index contributed by atoms with van der Waals surface area (Å²) in [5, 5.41) is 11.9. The van der Waals surface area contributed by atoms with E-state index in [4.69, 9.17) is 5.26 Å². The number of carbonyl (C=O) groups excluding carboxylic acids is 1. The molecule has 0 fully saturated rings. The van der Waals surface area contributed by atoms with E-state index in [1.165, 1.54) is 11.1 Å². The van der Waals surface area contributed by atoms with E-state index in [1.54, 1.807) is 23.1 Å². The second kappa shape index (κ2) is 5.68. The number of para-hydroxylation sites is 1. The van der Waals surface area contributed by atoms with Crippen LogP contribution >= 0.6 is 0 Å². The zero-order chi connectivity index (χ0) is 14.7. The average Bonchev–Trinajstić information content (AvgIpc) is 2.55. The van der Waals surface area contributed by atoms with Crippen molar-refractivity contribution in [2.75, 3.05) is 11.9 Å². The van der Waals surface area contributed by atoms with Crippen LogP contribution in [0.1, 0.15) is 16.7 Å². The zero-order valence-electron chi connectivity index (χ0n) is 11.5. The number of nitrogens with zero attached hydrogens (tertiary/aromatic N) is 2. The van der Waals surface area contributed by atoms with Crippen molar-refractivity contribution in [1.82, 2.24) is 4.90 Å². The Labute approximate surface area is 123 Å². The summed E-state index contributed by atoms with van der Waals surface area (Å²) in [6, 6.07) is 17.1. The molecule has 3 rings (SSSR count). The van der Waals surface area contributed by atoms with Crippen LogP contribution in [-0.4, -0.2) is 17.5 Å². The van der Waals surface area contributed by atoms with E-state index in [1.807, 2.05) is 18.2 Å². The number of anilines is 1. The molecule has 0 saturated carbocycles. The van der Waals surface area contributed by atoms with Gasteiger partial charge in [-0.1, -0.05) is 36.4 Å². The third kappa shape index (κ3) is 2.72. The highest BCUT2D eigenvalue weighted by Gasteiger charge is 2.20. The minimum atomic E-state index is -0.160. The van der Waals surface area contributed by atoms with Gasteiger partial charge in [-0.3, -0.25) is 0 Å². The van der Waals surface area contributed by atoms with E-state index in [-0.39, 0.29) is 6.03 Å². The predicted molar refractivity (Wildman–Crippen MR) is 80.7 cm³/mol. The smallest absolute Gasteiger partial charge is 0.320 e. The molecule has 2 aromatic rings. The van der Waals surface area contributed by atoms with Gasteiger partial charge in [0.15, 0.2) is 0 Å². The quantitative estimate of drug-likeness (QED) is 0.870. The summed E-state index contributed by atoms with van der Waals surface area (Å²) in [6.07, 6.45) is 0.865. The standard InChI is InChI=1S/C17H15N3O/c18-11-14-6-3-4-8-16(14)19-17(21)20-10-9-13-5-1-2-7-15(13)12-20/h1-8H,9-10,12H2,(H,19,21). The van der Waals surface area contributed by atoms with Gasteiger partial charge in [-0.05, 0) is 29.7 Å². The topological polar surface area (TPSA) is 56.1 Å². The van der Waals surface area contributed by atoms with Gasteiger partial charge in [0.2, 0.25) is 0 Å². The van der Waals surface area contributed by atoms with Crippen molar-refractivity contribution in [2.24, 2.45) is 0 Å². The maximum atomic E-state index is 12.4. The number of carbonyl (C=O) groups is 1. The van der Waals surface area contributed by atoms with Gasteiger partial charge in [-0.25, -0.2) is 4.79 Å². The lowest BCUT2D eigenvalue weighted by Gasteiger charge is -2.29. The van der Waals surface area contributed by atoms with Crippen molar-refractivity contribution < 1.29 is 4.79 Å². The molecule has 0 radical (unpaired) electrons. The number of hydrogen-bond acceptors (Lipinski definition) is 2. The van der Waals surface area contributed by atoms with Gasteiger partial charge in [-0.15, -0.1) is 0 Å². The van der Waals surface area contributed by atoms with Crippen molar-refractivity contribution in [2.45, 2.75) is 13.0 Å². The van der Waals surface area contributed by atoms with Crippen LogP contribution < -0.4 is 5.32 Å². The number of nitriles is 1. The van der Waals surface area contributed by atoms with E-state index in [2.05, 4.69) is 23.5 Å². The van der Waals surface area contributed by atoms with Crippen molar-refractivity contribution >= 4 is 11.7 Å². The molecule has 1 aliphatic rings. The fourth-order valence-electron chi connectivity index (χ4n) is 2.55.